The molecule has 42 valence electrons. The summed E-state index contributed by atoms with van der Waals surface area (Å²) in [5.74, 6) is 0. The summed E-state index contributed by atoms with van der Waals surface area (Å²) < 4.78 is 6.52. The van der Waals surface area contributed by atoms with Crippen molar-refractivity contribution in [3.8, 4) is 0 Å². The monoisotopic (exact) mass is 179 g/mol. The lowest BCUT2D eigenvalue weighted by molar-refractivity contribution is 1.55. The van der Waals surface area contributed by atoms with Crippen LogP contribution in [0.15, 0.2) is 0 Å². The molecule has 0 saturated carbocycles. The third-order valence-electron chi connectivity index (χ3n) is 2.06. The second-order valence-corrected chi connectivity index (χ2v) is 6.62. The van der Waals surface area contributed by atoms with Crippen LogP contribution in [-0.4, -0.2) is 70.1 Å². The van der Waals surface area contributed by atoms with Gasteiger partial charge in [-0.3, -0.25) is 0 Å². The Morgan fingerprint density at radius 2 is 1.11 bits per heavy atom. The van der Waals surface area contributed by atoms with E-state index in [1.54, 1.807) is 18.0 Å². The van der Waals surface area contributed by atoms with Gasteiger partial charge in [0.2, 0.25) is 0 Å². The summed E-state index contributed by atoms with van der Waals surface area (Å²) in [6.45, 7) is 0. The molecule has 5 heteroatoms. The lowest BCUT2D eigenvalue weighted by atomic mass is 10.6. The largest absolute Gasteiger partial charge is 0.398 e. The van der Waals surface area contributed by atoms with Crippen molar-refractivity contribution >= 4 is 83.1 Å². The van der Waals surface area contributed by atoms with Crippen LogP contribution < -0.4 is 18.0 Å². The van der Waals surface area contributed by atoms with Gasteiger partial charge in [-0.15, -0.1) is 8.85 Å². The van der Waals surface area contributed by atoms with Crippen LogP contribution in [0.5, 0.6) is 0 Å². The van der Waals surface area contributed by atoms with E-state index in [1.807, 2.05) is 0 Å². The van der Waals surface area contributed by atoms with Gasteiger partial charge in [0.1, 0.15) is 0 Å². The van der Waals surface area contributed by atoms with Crippen molar-refractivity contribution in [2.75, 3.05) is 0 Å². The van der Waals surface area contributed by atoms with E-state index in [2.05, 4.69) is 4.98 Å². The molecule has 1 rings (SSSR count). The van der Waals surface area contributed by atoms with Gasteiger partial charge in [-0.05, 0) is 0 Å². The standard InChI is InChI=1S/C4HN.4Al.8H/c1-2-4-5-3-1;;;;;;;;;;;;/h5H;;;;;;;;;;;;. The van der Waals surface area contributed by atoms with E-state index in [0.717, 1.165) is 0 Å². The van der Waals surface area contributed by atoms with E-state index < -0.39 is 0 Å². The Morgan fingerprint density at radius 3 is 1.22 bits per heavy atom. The zero-order chi connectivity index (χ0) is 7.02. The highest BCUT2D eigenvalue weighted by molar-refractivity contribution is 6.62. The molecular weight excluding hydrogens is 170 g/mol. The SMILES string of the molecule is [AlH2][c]1[nH][c]([AlH2])[c]([AlH2])[c]1[AlH2]. The predicted octanol–water partition coefficient (Wildman–Crippen LogP) is -5.95. The zero-order valence-corrected chi connectivity index (χ0v) is 14.5. The second kappa shape index (κ2) is 3.21. The van der Waals surface area contributed by atoms with Gasteiger partial charge in [-0.1, -0.05) is 9.11 Å². The topological polar surface area (TPSA) is 15.8 Å². The Bertz CT molecular complexity index is 206. The minimum absolute atomic E-state index is 1.22. The fourth-order valence-electron chi connectivity index (χ4n) is 1.03. The van der Waals surface area contributed by atoms with E-state index in [4.69, 9.17) is 0 Å². The van der Waals surface area contributed by atoms with E-state index in [-0.39, 0.29) is 0 Å². The minimum atomic E-state index is 1.22. The number of H-pyrrole nitrogens is 1. The molecule has 0 amide bonds. The van der Waals surface area contributed by atoms with Crippen LogP contribution in [0.1, 0.15) is 0 Å². The van der Waals surface area contributed by atoms with Crippen molar-refractivity contribution in [1.82, 2.24) is 4.98 Å². The maximum Gasteiger partial charge on any atom is 0.283 e. The normalized spacial score (nSPS) is 9.78. The highest BCUT2D eigenvalue weighted by Crippen LogP contribution is 1.56. The highest BCUT2D eigenvalue weighted by Gasteiger charge is 1.99. The molecule has 1 nitrogen and oxygen atoms in total. The van der Waals surface area contributed by atoms with Crippen LogP contribution in [0.2, 0.25) is 0 Å². The molecule has 9 heavy (non-hydrogen) atoms. The molecule has 0 unspecified atom stereocenters. The Kier molecular flexibility index (Phi) is 3.03. The van der Waals surface area contributed by atoms with Crippen LogP contribution in [0.3, 0.4) is 0 Å². The summed E-state index contributed by atoms with van der Waals surface area (Å²) in [7, 11) is 0. The Hall–Kier alpha value is 1.41. The summed E-state index contributed by atoms with van der Waals surface area (Å²) in [5, 5.41) is 0. The van der Waals surface area contributed by atoms with Crippen LogP contribution in [0, 0.1) is 0 Å². The molecule has 0 aromatic carbocycles. The van der Waals surface area contributed by atoms with E-state index >= 15 is 0 Å². The van der Waals surface area contributed by atoms with E-state index in [1.165, 1.54) is 65.2 Å². The molecule has 0 fully saturated rings. The Labute approximate surface area is 87.3 Å². The summed E-state index contributed by atoms with van der Waals surface area (Å²) in [6, 6.07) is 0. The van der Waals surface area contributed by atoms with Crippen molar-refractivity contribution < 1.29 is 0 Å². The van der Waals surface area contributed by atoms with Crippen LogP contribution in [0.4, 0.5) is 0 Å². The van der Waals surface area contributed by atoms with Crippen LogP contribution >= 0.6 is 0 Å². The smallest absolute Gasteiger partial charge is 0.283 e. The number of hydrogen-bond donors (Lipinski definition) is 1. The summed E-state index contributed by atoms with van der Waals surface area (Å²) in [4.78, 5) is 3.47. The van der Waals surface area contributed by atoms with Gasteiger partial charge in [-0.25, -0.2) is 0 Å². The lowest BCUT2D eigenvalue weighted by Gasteiger charge is -1.90. The predicted molar refractivity (Wildman–Crippen MR) is 53.5 cm³/mol. The third-order valence-corrected chi connectivity index (χ3v) is 10.1. The number of rotatable bonds is 0. The molecule has 0 spiro atoms. The van der Waals surface area contributed by atoms with E-state index in [0.29, 0.717) is 0 Å². The van der Waals surface area contributed by atoms with E-state index in [9.17, 15) is 0 Å². The molecule has 1 N–H and O–H groups in total. The average Bonchev–Trinajstić information content (AvgIpc) is 1.98. The fourth-order valence-corrected chi connectivity index (χ4v) is 5.03. The number of nitrogens with one attached hydrogen (secondary N) is 1. The quantitative estimate of drug-likeness (QED) is 0.382. The highest BCUT2D eigenvalue weighted by atomic mass is 27.1. The first-order valence-corrected chi connectivity index (χ1v) is 7.25. The zero-order valence-electron chi connectivity index (χ0n) is 6.50. The molecule has 0 bridgehead atoms. The van der Waals surface area contributed by atoms with Gasteiger partial charge in [0.15, 0.2) is 0 Å². The molecule has 1 aromatic heterocycles. The van der Waals surface area contributed by atoms with Gasteiger partial charge in [0.25, 0.3) is 65.2 Å². The summed E-state index contributed by atoms with van der Waals surface area (Å²) >= 11 is 4.96. The Morgan fingerprint density at radius 1 is 0.778 bits per heavy atom. The first-order chi connectivity index (χ1) is 4.13. The van der Waals surface area contributed by atoms with Gasteiger partial charge in [0, 0.05) is 0 Å². The molecule has 0 aliphatic rings. The molecule has 0 atom stereocenters. The molecule has 0 saturated heterocycles. The third kappa shape index (κ3) is 1.70. The van der Waals surface area contributed by atoms with Crippen LogP contribution in [0.25, 0.3) is 0 Å². The molecule has 0 radical (unpaired) electrons. The molecular formula is C4H9Al4N. The first-order valence-electron chi connectivity index (χ1n) is 3.25. The number of hydrogen-bond acceptors (Lipinski definition) is 0. The van der Waals surface area contributed by atoms with Gasteiger partial charge < -0.3 is 4.98 Å². The molecule has 1 aromatic rings. The fraction of sp³-hybridized carbons (Fsp3) is 0. The van der Waals surface area contributed by atoms with Crippen LogP contribution in [-0.2, 0) is 0 Å². The van der Waals surface area contributed by atoms with Gasteiger partial charge in [0.05, 0.1) is 0 Å². The lowest BCUT2D eigenvalue weighted by Crippen LogP contribution is -2.37. The maximum atomic E-state index is 3.47. The molecule has 1 heterocycles. The first kappa shape index (κ1) is 8.51. The maximum absolute atomic E-state index is 3.47. The van der Waals surface area contributed by atoms with Crippen molar-refractivity contribution in [2.24, 2.45) is 0 Å². The van der Waals surface area contributed by atoms with Crippen molar-refractivity contribution in [3.05, 3.63) is 0 Å². The molecule has 0 aliphatic heterocycles. The van der Waals surface area contributed by atoms with Gasteiger partial charge in [-0.2, -0.15) is 0 Å². The van der Waals surface area contributed by atoms with Gasteiger partial charge >= 0.3 is 0 Å². The summed E-state index contributed by atoms with van der Waals surface area (Å²) in [5.41, 5.74) is 0. The second-order valence-electron chi connectivity index (χ2n) is 2.62. The summed E-state index contributed by atoms with van der Waals surface area (Å²) in [6.07, 6.45) is 0. The average molecular weight is 179 g/mol. The Balaban J connectivity index is 3.29. The van der Waals surface area contributed by atoms with Crippen molar-refractivity contribution in [2.45, 2.75) is 0 Å². The van der Waals surface area contributed by atoms with Crippen molar-refractivity contribution in [1.29, 1.82) is 0 Å². The number of aromatic nitrogens is 1. The molecule has 0 aliphatic carbocycles. The number of aromatic amines is 1. The minimum Gasteiger partial charge on any atom is -0.398 e. The van der Waals surface area contributed by atoms with Crippen molar-refractivity contribution in [3.63, 3.8) is 0 Å².